The molecule has 0 fully saturated rings. The van der Waals surface area contributed by atoms with Gasteiger partial charge >= 0.3 is 0 Å². The lowest BCUT2D eigenvalue weighted by Gasteiger charge is -2.38. The Kier molecular flexibility index (Phi) is 7.41. The molecule has 0 saturated carbocycles. The van der Waals surface area contributed by atoms with Crippen LogP contribution in [0.1, 0.15) is 44.7 Å². The third-order valence-electron chi connectivity index (χ3n) is 5.53. The topological polar surface area (TPSA) is 94.2 Å². The van der Waals surface area contributed by atoms with Crippen LogP contribution in [-0.2, 0) is 14.8 Å². The summed E-state index contributed by atoms with van der Waals surface area (Å²) in [5.74, 6) is 1.72. The van der Waals surface area contributed by atoms with Crippen molar-refractivity contribution in [2.45, 2.75) is 44.8 Å². The van der Waals surface area contributed by atoms with Crippen molar-refractivity contribution in [3.8, 4) is 17.2 Å². The maximum Gasteiger partial charge on any atom is 0.232 e. The first kappa shape index (κ1) is 24.7. The van der Waals surface area contributed by atoms with Gasteiger partial charge in [0.1, 0.15) is 22.8 Å². The van der Waals surface area contributed by atoms with Crippen LogP contribution in [0.4, 0.5) is 5.69 Å². The fourth-order valence-corrected chi connectivity index (χ4v) is 5.01. The molecule has 0 radical (unpaired) electrons. The summed E-state index contributed by atoms with van der Waals surface area (Å²) >= 11 is 0. The molecule has 0 saturated heterocycles. The summed E-state index contributed by atoms with van der Waals surface area (Å²) < 4.78 is 42.8. The summed E-state index contributed by atoms with van der Waals surface area (Å²) in [4.78, 5) is 12.8. The minimum Gasteiger partial charge on any atom is -0.497 e. The molecular weight excluding hydrogens is 444 g/mol. The van der Waals surface area contributed by atoms with Crippen molar-refractivity contribution in [2.75, 3.05) is 31.3 Å². The van der Waals surface area contributed by atoms with Crippen LogP contribution in [0.15, 0.2) is 42.5 Å². The van der Waals surface area contributed by atoms with Crippen LogP contribution >= 0.6 is 0 Å². The molecule has 1 amide bonds. The van der Waals surface area contributed by atoms with Gasteiger partial charge in [-0.15, -0.1) is 0 Å². The van der Waals surface area contributed by atoms with Crippen molar-refractivity contribution in [3.63, 3.8) is 0 Å². The van der Waals surface area contributed by atoms with Gasteiger partial charge in [-0.3, -0.25) is 9.10 Å². The molecule has 180 valence electrons. The van der Waals surface area contributed by atoms with Crippen molar-refractivity contribution >= 4 is 21.6 Å². The fourth-order valence-electron chi connectivity index (χ4n) is 4.04. The molecule has 0 spiro atoms. The van der Waals surface area contributed by atoms with E-state index in [1.807, 2.05) is 32.0 Å². The van der Waals surface area contributed by atoms with E-state index in [4.69, 9.17) is 14.2 Å². The van der Waals surface area contributed by atoms with Gasteiger partial charge in [-0.1, -0.05) is 12.1 Å². The smallest absolute Gasteiger partial charge is 0.232 e. The maximum atomic E-state index is 12.8. The van der Waals surface area contributed by atoms with E-state index in [-0.39, 0.29) is 24.9 Å². The SMILES string of the molecule is COc1ccc2c(c1)[C@H](NC(=O)CCCN(c1ccccc1OC)S(C)(=O)=O)CC(C)(C)O2. The number of fused-ring (bicyclic) bond motifs is 1. The van der Waals surface area contributed by atoms with Gasteiger partial charge in [0, 0.05) is 24.9 Å². The molecule has 2 aromatic carbocycles. The quantitative estimate of drug-likeness (QED) is 0.594. The summed E-state index contributed by atoms with van der Waals surface area (Å²) in [6.07, 6.45) is 2.29. The van der Waals surface area contributed by atoms with Crippen LogP contribution < -0.4 is 23.8 Å². The van der Waals surface area contributed by atoms with Crippen molar-refractivity contribution < 1.29 is 27.4 Å². The number of carbonyl (C=O) groups excluding carboxylic acids is 1. The standard InChI is InChI=1S/C24H32N2O6S/c1-24(2)16-19(18-15-17(30-3)12-13-21(18)32-24)25-23(27)11-8-14-26(33(5,28)29)20-9-6-7-10-22(20)31-4/h6-7,9-10,12-13,15,19H,8,11,14,16H2,1-5H3,(H,25,27)/t19-/m1/s1. The second-order valence-electron chi connectivity index (χ2n) is 8.70. The first-order valence-corrected chi connectivity index (χ1v) is 12.7. The average Bonchev–Trinajstić information content (AvgIpc) is 2.75. The van der Waals surface area contributed by atoms with E-state index < -0.39 is 15.6 Å². The van der Waals surface area contributed by atoms with Gasteiger partial charge in [-0.05, 0) is 50.6 Å². The number of methoxy groups -OCH3 is 2. The number of carbonyl (C=O) groups is 1. The lowest BCUT2D eigenvalue weighted by molar-refractivity contribution is -0.122. The molecule has 1 heterocycles. The van der Waals surface area contributed by atoms with Crippen LogP contribution in [0.3, 0.4) is 0 Å². The van der Waals surface area contributed by atoms with Crippen molar-refractivity contribution in [1.82, 2.24) is 5.32 Å². The lowest BCUT2D eigenvalue weighted by Crippen LogP contribution is -2.41. The molecule has 1 aliphatic heterocycles. The van der Waals surface area contributed by atoms with Gasteiger partial charge in [0.05, 0.1) is 32.2 Å². The van der Waals surface area contributed by atoms with Gasteiger partial charge in [0.25, 0.3) is 0 Å². The zero-order valence-corrected chi connectivity index (χ0v) is 20.6. The van der Waals surface area contributed by atoms with E-state index in [0.29, 0.717) is 30.0 Å². The van der Waals surface area contributed by atoms with E-state index in [9.17, 15) is 13.2 Å². The highest BCUT2D eigenvalue weighted by atomic mass is 32.2. The van der Waals surface area contributed by atoms with Gasteiger partial charge in [0.2, 0.25) is 15.9 Å². The largest absolute Gasteiger partial charge is 0.497 e. The molecule has 1 N–H and O–H groups in total. The lowest BCUT2D eigenvalue weighted by atomic mass is 9.89. The number of hydrogen-bond donors (Lipinski definition) is 1. The van der Waals surface area contributed by atoms with Gasteiger partial charge in [0.15, 0.2) is 0 Å². The van der Waals surface area contributed by atoms with Crippen LogP contribution in [0.25, 0.3) is 0 Å². The number of para-hydroxylation sites is 2. The monoisotopic (exact) mass is 476 g/mol. The van der Waals surface area contributed by atoms with E-state index in [0.717, 1.165) is 17.6 Å². The minimum atomic E-state index is -3.55. The number of nitrogens with one attached hydrogen (secondary N) is 1. The molecule has 9 heteroatoms. The summed E-state index contributed by atoms with van der Waals surface area (Å²) in [5, 5.41) is 3.09. The van der Waals surface area contributed by atoms with Crippen LogP contribution in [0, 0.1) is 0 Å². The number of benzene rings is 2. The Morgan fingerprint density at radius 1 is 1.18 bits per heavy atom. The summed E-state index contributed by atoms with van der Waals surface area (Å²) in [5.41, 5.74) is 0.889. The normalized spacial score (nSPS) is 16.8. The number of hydrogen-bond acceptors (Lipinski definition) is 6. The Hall–Kier alpha value is -2.94. The van der Waals surface area contributed by atoms with Crippen molar-refractivity contribution in [3.05, 3.63) is 48.0 Å². The molecule has 8 nitrogen and oxygen atoms in total. The van der Waals surface area contributed by atoms with Gasteiger partial charge in [-0.2, -0.15) is 0 Å². The molecule has 0 aromatic heterocycles. The third-order valence-corrected chi connectivity index (χ3v) is 6.71. The molecule has 1 aliphatic rings. The van der Waals surface area contributed by atoms with Gasteiger partial charge in [-0.25, -0.2) is 8.42 Å². The molecule has 0 bridgehead atoms. The molecular formula is C24H32N2O6S. The summed E-state index contributed by atoms with van der Waals surface area (Å²) in [7, 11) is -0.457. The average molecular weight is 477 g/mol. The van der Waals surface area contributed by atoms with E-state index >= 15 is 0 Å². The highest BCUT2D eigenvalue weighted by Crippen LogP contribution is 2.41. The Balaban J connectivity index is 1.69. The van der Waals surface area contributed by atoms with E-state index in [2.05, 4.69) is 5.32 Å². The zero-order chi connectivity index (χ0) is 24.2. The van der Waals surface area contributed by atoms with Crippen LogP contribution in [-0.4, -0.2) is 46.9 Å². The van der Waals surface area contributed by atoms with Gasteiger partial charge < -0.3 is 19.5 Å². The first-order valence-electron chi connectivity index (χ1n) is 10.8. The number of nitrogens with zero attached hydrogens (tertiary/aromatic N) is 1. The Morgan fingerprint density at radius 3 is 2.58 bits per heavy atom. The Bertz CT molecular complexity index is 1100. The second-order valence-corrected chi connectivity index (χ2v) is 10.6. The minimum absolute atomic E-state index is 0.153. The molecule has 3 rings (SSSR count). The number of rotatable bonds is 9. The Labute approximate surface area is 195 Å². The molecule has 0 unspecified atom stereocenters. The molecule has 1 atom stereocenters. The van der Waals surface area contributed by atoms with Crippen molar-refractivity contribution in [2.24, 2.45) is 0 Å². The first-order chi connectivity index (χ1) is 15.5. The molecule has 0 aliphatic carbocycles. The van der Waals surface area contributed by atoms with E-state index in [1.54, 1.807) is 31.4 Å². The zero-order valence-electron chi connectivity index (χ0n) is 19.8. The molecule has 2 aromatic rings. The van der Waals surface area contributed by atoms with E-state index in [1.165, 1.54) is 11.4 Å². The van der Waals surface area contributed by atoms with Crippen LogP contribution in [0.5, 0.6) is 17.2 Å². The fraction of sp³-hybridized carbons (Fsp3) is 0.458. The second kappa shape index (κ2) is 9.91. The number of sulfonamides is 1. The van der Waals surface area contributed by atoms with Crippen molar-refractivity contribution in [1.29, 1.82) is 0 Å². The maximum absolute atomic E-state index is 12.8. The number of anilines is 1. The predicted octanol–water partition coefficient (Wildman–Crippen LogP) is 3.67. The third kappa shape index (κ3) is 6.10. The highest BCUT2D eigenvalue weighted by molar-refractivity contribution is 7.92. The summed E-state index contributed by atoms with van der Waals surface area (Å²) in [6.45, 7) is 4.13. The van der Waals surface area contributed by atoms with Crippen LogP contribution in [0.2, 0.25) is 0 Å². The Morgan fingerprint density at radius 2 is 1.91 bits per heavy atom. The predicted molar refractivity (Wildman–Crippen MR) is 128 cm³/mol. The highest BCUT2D eigenvalue weighted by Gasteiger charge is 2.35. The summed E-state index contributed by atoms with van der Waals surface area (Å²) in [6, 6.07) is 12.3. The number of amides is 1. The molecule has 33 heavy (non-hydrogen) atoms. The number of ether oxygens (including phenoxy) is 3.